The van der Waals surface area contributed by atoms with Gasteiger partial charge in [0.15, 0.2) is 9.84 Å². The van der Waals surface area contributed by atoms with E-state index in [9.17, 15) is 13.2 Å². The molecule has 1 aliphatic rings. The van der Waals surface area contributed by atoms with E-state index in [0.717, 1.165) is 16.7 Å². The Hall–Kier alpha value is -2.93. The van der Waals surface area contributed by atoms with Gasteiger partial charge in [-0.05, 0) is 35.2 Å². The van der Waals surface area contributed by atoms with Gasteiger partial charge in [0.1, 0.15) is 0 Å². The Balaban J connectivity index is 1.53. The van der Waals surface area contributed by atoms with Gasteiger partial charge in [-0.3, -0.25) is 9.48 Å². The topological polar surface area (TPSA) is 81.1 Å². The van der Waals surface area contributed by atoms with Crippen LogP contribution < -0.4 is 5.32 Å². The van der Waals surface area contributed by atoms with Crippen molar-refractivity contribution in [3.05, 3.63) is 78.1 Å². The van der Waals surface area contributed by atoms with Gasteiger partial charge in [-0.25, -0.2) is 8.42 Å². The number of benzene rings is 2. The average Bonchev–Trinajstić information content (AvgIpc) is 3.31. The molecule has 1 aromatic heterocycles. The van der Waals surface area contributed by atoms with Gasteiger partial charge in [-0.2, -0.15) is 5.10 Å². The molecule has 1 fully saturated rings. The van der Waals surface area contributed by atoms with Gasteiger partial charge >= 0.3 is 0 Å². The highest BCUT2D eigenvalue weighted by Gasteiger charge is 2.29. The molecule has 0 aliphatic carbocycles. The molecule has 1 amide bonds. The second kappa shape index (κ2) is 7.59. The number of aromatic nitrogens is 2. The minimum Gasteiger partial charge on any atom is -0.348 e. The third kappa shape index (κ3) is 4.14. The van der Waals surface area contributed by atoms with Crippen molar-refractivity contribution < 1.29 is 13.2 Å². The molecule has 0 radical (unpaired) electrons. The monoisotopic (exact) mass is 395 g/mol. The number of hydrogen-bond acceptors (Lipinski definition) is 4. The van der Waals surface area contributed by atoms with Crippen molar-refractivity contribution in [3.63, 3.8) is 0 Å². The number of carbonyl (C=O) groups excluding carboxylic acids is 1. The molecule has 28 heavy (non-hydrogen) atoms. The van der Waals surface area contributed by atoms with Crippen LogP contribution in [0.25, 0.3) is 11.1 Å². The summed E-state index contributed by atoms with van der Waals surface area (Å²) in [6, 6.07) is 17.0. The maximum absolute atomic E-state index is 12.8. The molecule has 1 atom stereocenters. The summed E-state index contributed by atoms with van der Waals surface area (Å²) in [7, 11) is -3.03. The molecule has 144 valence electrons. The summed E-state index contributed by atoms with van der Waals surface area (Å²) in [4.78, 5) is 12.8. The molecule has 1 saturated heterocycles. The minimum absolute atomic E-state index is 0.0169. The third-order valence-electron chi connectivity index (χ3n) is 4.91. The number of rotatable bonds is 5. The molecule has 1 aliphatic heterocycles. The molecule has 4 rings (SSSR count). The van der Waals surface area contributed by atoms with Gasteiger partial charge in [-0.1, -0.05) is 42.5 Å². The molecular formula is C21H21N3O3S. The standard InChI is InChI=1S/C21H21N3O3S/c25-21(23-18-10-13-28(26,27)15-18)20-5-2-1-4-19(20)17-8-6-16(7-9-17)14-24-12-3-11-22-24/h1-9,11-12,18H,10,13-15H2,(H,23,25)/t18-/m1/s1. The average molecular weight is 395 g/mol. The zero-order valence-electron chi connectivity index (χ0n) is 15.3. The smallest absolute Gasteiger partial charge is 0.252 e. The van der Waals surface area contributed by atoms with Crippen LogP contribution in [0.5, 0.6) is 0 Å². The highest BCUT2D eigenvalue weighted by Crippen LogP contribution is 2.25. The van der Waals surface area contributed by atoms with Crippen molar-refractivity contribution in [2.24, 2.45) is 0 Å². The molecule has 0 saturated carbocycles. The van der Waals surface area contributed by atoms with E-state index < -0.39 is 9.84 Å². The Bertz CT molecular complexity index is 1070. The van der Waals surface area contributed by atoms with Crippen LogP contribution in [0.15, 0.2) is 67.0 Å². The van der Waals surface area contributed by atoms with Crippen LogP contribution in [0.2, 0.25) is 0 Å². The number of sulfone groups is 1. The lowest BCUT2D eigenvalue weighted by molar-refractivity contribution is 0.0942. The number of nitrogens with one attached hydrogen (secondary N) is 1. The van der Waals surface area contributed by atoms with Crippen LogP contribution in [-0.4, -0.2) is 41.7 Å². The van der Waals surface area contributed by atoms with Crippen LogP contribution in [0.3, 0.4) is 0 Å². The van der Waals surface area contributed by atoms with E-state index in [1.54, 1.807) is 12.3 Å². The summed E-state index contributed by atoms with van der Waals surface area (Å²) in [5.74, 6) is -0.0846. The molecule has 2 aromatic carbocycles. The summed E-state index contributed by atoms with van der Waals surface area (Å²) in [6.07, 6.45) is 4.13. The first-order chi connectivity index (χ1) is 13.5. The van der Waals surface area contributed by atoms with Crippen molar-refractivity contribution in [2.75, 3.05) is 11.5 Å². The largest absolute Gasteiger partial charge is 0.348 e. The van der Waals surface area contributed by atoms with E-state index in [4.69, 9.17) is 0 Å². The van der Waals surface area contributed by atoms with Crippen LogP contribution in [0.1, 0.15) is 22.3 Å². The van der Waals surface area contributed by atoms with E-state index in [-0.39, 0.29) is 23.5 Å². The SMILES string of the molecule is O=C(N[C@@H]1CCS(=O)(=O)C1)c1ccccc1-c1ccc(Cn2cccn2)cc1. The quantitative estimate of drug-likeness (QED) is 0.720. The predicted octanol–water partition coefficient (Wildman–Crippen LogP) is 2.52. The van der Waals surface area contributed by atoms with Crippen molar-refractivity contribution >= 4 is 15.7 Å². The normalized spacial score (nSPS) is 18.1. The van der Waals surface area contributed by atoms with E-state index in [1.807, 2.05) is 59.4 Å². The van der Waals surface area contributed by atoms with Gasteiger partial charge in [-0.15, -0.1) is 0 Å². The lowest BCUT2D eigenvalue weighted by atomic mass is 9.98. The fourth-order valence-corrected chi connectivity index (χ4v) is 5.15. The van der Waals surface area contributed by atoms with Gasteiger partial charge in [0.05, 0.1) is 18.1 Å². The lowest BCUT2D eigenvalue weighted by Crippen LogP contribution is -2.35. The molecule has 0 spiro atoms. The van der Waals surface area contributed by atoms with Crippen LogP contribution in [0, 0.1) is 0 Å². The minimum atomic E-state index is -3.03. The van der Waals surface area contributed by atoms with Crippen molar-refractivity contribution in [2.45, 2.75) is 19.0 Å². The van der Waals surface area contributed by atoms with Crippen LogP contribution >= 0.6 is 0 Å². The Kier molecular flexibility index (Phi) is 5.00. The van der Waals surface area contributed by atoms with Gasteiger partial charge in [0.2, 0.25) is 0 Å². The zero-order chi connectivity index (χ0) is 19.6. The highest BCUT2D eigenvalue weighted by atomic mass is 32.2. The maximum atomic E-state index is 12.8. The van der Waals surface area contributed by atoms with Gasteiger partial charge < -0.3 is 5.32 Å². The fourth-order valence-electron chi connectivity index (χ4n) is 3.48. The molecule has 2 heterocycles. The summed E-state index contributed by atoms with van der Waals surface area (Å²) in [6.45, 7) is 0.686. The Morgan fingerprint density at radius 2 is 1.89 bits per heavy atom. The molecule has 0 unspecified atom stereocenters. The van der Waals surface area contributed by atoms with E-state index in [0.29, 0.717) is 18.5 Å². The second-order valence-corrected chi connectivity index (χ2v) is 9.25. The summed E-state index contributed by atoms with van der Waals surface area (Å²) >= 11 is 0. The van der Waals surface area contributed by atoms with E-state index >= 15 is 0 Å². The third-order valence-corrected chi connectivity index (χ3v) is 6.68. The predicted molar refractivity (Wildman–Crippen MR) is 108 cm³/mol. The molecule has 7 heteroatoms. The molecule has 0 bridgehead atoms. The number of nitrogens with zero attached hydrogens (tertiary/aromatic N) is 2. The Labute approximate surface area is 164 Å². The first kappa shape index (κ1) is 18.4. The molecule has 3 aromatic rings. The van der Waals surface area contributed by atoms with Gasteiger partial charge in [0.25, 0.3) is 5.91 Å². The molecule has 1 N–H and O–H groups in total. The van der Waals surface area contributed by atoms with Crippen molar-refractivity contribution in [3.8, 4) is 11.1 Å². The molecular weight excluding hydrogens is 374 g/mol. The Morgan fingerprint density at radius 1 is 1.11 bits per heavy atom. The maximum Gasteiger partial charge on any atom is 0.252 e. The first-order valence-corrected chi connectivity index (χ1v) is 11.0. The van der Waals surface area contributed by atoms with Crippen molar-refractivity contribution in [1.29, 1.82) is 0 Å². The summed E-state index contributed by atoms with van der Waals surface area (Å²) < 4.78 is 25.1. The van der Waals surface area contributed by atoms with E-state index in [1.165, 1.54) is 0 Å². The fraction of sp³-hybridized carbons (Fsp3) is 0.238. The molecule has 6 nitrogen and oxygen atoms in total. The summed E-state index contributed by atoms with van der Waals surface area (Å²) in [5.41, 5.74) is 3.43. The number of amides is 1. The second-order valence-electron chi connectivity index (χ2n) is 7.02. The zero-order valence-corrected chi connectivity index (χ0v) is 16.1. The lowest BCUT2D eigenvalue weighted by Gasteiger charge is -2.14. The summed E-state index contributed by atoms with van der Waals surface area (Å²) in [5, 5.41) is 7.08. The van der Waals surface area contributed by atoms with Crippen LogP contribution in [0.4, 0.5) is 0 Å². The number of hydrogen-bond donors (Lipinski definition) is 1. The number of carbonyl (C=O) groups is 1. The Morgan fingerprint density at radius 3 is 2.57 bits per heavy atom. The first-order valence-electron chi connectivity index (χ1n) is 9.17. The van der Waals surface area contributed by atoms with Gasteiger partial charge in [0, 0.05) is 24.0 Å². The van der Waals surface area contributed by atoms with Crippen molar-refractivity contribution in [1.82, 2.24) is 15.1 Å². The highest BCUT2D eigenvalue weighted by molar-refractivity contribution is 7.91. The van der Waals surface area contributed by atoms with Crippen LogP contribution in [-0.2, 0) is 16.4 Å². The van der Waals surface area contributed by atoms with E-state index in [2.05, 4.69) is 10.4 Å².